The van der Waals surface area contributed by atoms with Gasteiger partial charge < -0.3 is 5.32 Å². The molecule has 3 nitrogen and oxygen atoms in total. The van der Waals surface area contributed by atoms with E-state index in [-0.39, 0.29) is 17.9 Å². The van der Waals surface area contributed by atoms with Crippen LogP contribution in [0.25, 0.3) is 10.9 Å². The molecule has 122 valence electrons. The molecule has 0 fully saturated rings. The molecule has 3 aromatic rings. The Labute approximate surface area is 142 Å². The van der Waals surface area contributed by atoms with E-state index in [2.05, 4.69) is 42.6 Å². The average Bonchev–Trinajstić information content (AvgIpc) is 2.62. The van der Waals surface area contributed by atoms with Crippen LogP contribution in [-0.2, 0) is 4.79 Å². The predicted molar refractivity (Wildman–Crippen MR) is 97.8 cm³/mol. The molecule has 0 saturated heterocycles. The van der Waals surface area contributed by atoms with Crippen molar-refractivity contribution in [2.75, 3.05) is 0 Å². The molecule has 2 atom stereocenters. The van der Waals surface area contributed by atoms with Gasteiger partial charge in [-0.1, -0.05) is 61.5 Å². The monoisotopic (exact) mass is 318 g/mol. The number of fused-ring (bicyclic) bond motifs is 1. The quantitative estimate of drug-likeness (QED) is 0.746. The van der Waals surface area contributed by atoms with Crippen molar-refractivity contribution in [1.29, 1.82) is 0 Å². The van der Waals surface area contributed by atoms with Gasteiger partial charge in [0.15, 0.2) is 0 Å². The second-order valence-corrected chi connectivity index (χ2v) is 6.03. The summed E-state index contributed by atoms with van der Waals surface area (Å²) in [5, 5.41) is 4.25. The highest BCUT2D eigenvalue weighted by atomic mass is 16.1. The summed E-state index contributed by atoms with van der Waals surface area (Å²) in [5.41, 5.74) is 3.11. The molecule has 0 unspecified atom stereocenters. The number of carbonyl (C=O) groups is 1. The number of nitrogens with one attached hydrogen (secondary N) is 1. The standard InChI is InChI=1S/C21H22N2O/c1-3-18(20-14-13-16-9-7-8-12-19(16)23-20)21(22-15(2)24)17-10-5-4-6-11-17/h4-14,18,21H,3H2,1-2H3,(H,22,24)/t18-,21+/m0/s1. The zero-order valence-corrected chi connectivity index (χ0v) is 14.1. The van der Waals surface area contributed by atoms with E-state index >= 15 is 0 Å². The smallest absolute Gasteiger partial charge is 0.217 e. The maximum absolute atomic E-state index is 11.8. The van der Waals surface area contributed by atoms with Crippen molar-refractivity contribution in [3.63, 3.8) is 0 Å². The lowest BCUT2D eigenvalue weighted by atomic mass is 9.87. The van der Waals surface area contributed by atoms with Gasteiger partial charge in [0.25, 0.3) is 0 Å². The lowest BCUT2D eigenvalue weighted by Crippen LogP contribution is -2.31. The van der Waals surface area contributed by atoms with Crippen LogP contribution in [0.3, 0.4) is 0 Å². The second kappa shape index (κ2) is 7.26. The molecule has 3 rings (SSSR count). The summed E-state index contributed by atoms with van der Waals surface area (Å²) in [5.74, 6) is 0.101. The first-order valence-corrected chi connectivity index (χ1v) is 8.36. The van der Waals surface area contributed by atoms with Crippen molar-refractivity contribution >= 4 is 16.8 Å². The van der Waals surface area contributed by atoms with Crippen LogP contribution in [-0.4, -0.2) is 10.9 Å². The van der Waals surface area contributed by atoms with Gasteiger partial charge >= 0.3 is 0 Å². The van der Waals surface area contributed by atoms with Crippen molar-refractivity contribution in [1.82, 2.24) is 10.3 Å². The number of hydrogen-bond acceptors (Lipinski definition) is 2. The van der Waals surface area contributed by atoms with Gasteiger partial charge in [-0.15, -0.1) is 0 Å². The summed E-state index contributed by atoms with van der Waals surface area (Å²) in [6.45, 7) is 3.70. The SMILES string of the molecule is CC[C@@H](c1ccc2ccccc2n1)[C@H](NC(C)=O)c1ccccc1. The Hall–Kier alpha value is -2.68. The minimum Gasteiger partial charge on any atom is -0.349 e. The van der Waals surface area contributed by atoms with Gasteiger partial charge in [0.05, 0.1) is 11.6 Å². The van der Waals surface area contributed by atoms with E-state index in [4.69, 9.17) is 4.98 Å². The van der Waals surface area contributed by atoms with Gasteiger partial charge in [0.2, 0.25) is 5.91 Å². The van der Waals surface area contributed by atoms with Crippen LogP contribution in [0.1, 0.15) is 43.5 Å². The van der Waals surface area contributed by atoms with Gasteiger partial charge in [0, 0.05) is 23.9 Å². The summed E-state index contributed by atoms with van der Waals surface area (Å²) < 4.78 is 0. The van der Waals surface area contributed by atoms with Gasteiger partial charge in [0.1, 0.15) is 0 Å². The highest BCUT2D eigenvalue weighted by molar-refractivity contribution is 5.78. The Morgan fingerprint density at radius 3 is 2.42 bits per heavy atom. The molecule has 1 amide bonds. The fourth-order valence-electron chi connectivity index (χ4n) is 3.20. The number of benzene rings is 2. The van der Waals surface area contributed by atoms with E-state index in [1.807, 2.05) is 36.4 Å². The number of amides is 1. The van der Waals surface area contributed by atoms with Crippen molar-refractivity contribution < 1.29 is 4.79 Å². The fourth-order valence-corrected chi connectivity index (χ4v) is 3.20. The molecular formula is C21H22N2O. The maximum atomic E-state index is 11.8. The van der Waals surface area contributed by atoms with Crippen molar-refractivity contribution in [2.45, 2.75) is 32.2 Å². The first kappa shape index (κ1) is 16.2. The number of para-hydroxylation sites is 1. The number of rotatable bonds is 5. The Morgan fingerprint density at radius 2 is 1.71 bits per heavy atom. The van der Waals surface area contributed by atoms with Crippen LogP contribution in [0, 0.1) is 0 Å². The summed E-state index contributed by atoms with van der Waals surface area (Å²) in [6, 6.07) is 22.3. The molecule has 2 aromatic carbocycles. The molecule has 1 aromatic heterocycles. The molecule has 0 aliphatic rings. The first-order chi connectivity index (χ1) is 11.7. The third-order valence-electron chi connectivity index (χ3n) is 4.36. The third-order valence-corrected chi connectivity index (χ3v) is 4.36. The van der Waals surface area contributed by atoms with Crippen molar-refractivity contribution in [3.05, 3.63) is 78.0 Å². The Balaban J connectivity index is 2.03. The molecule has 0 bridgehead atoms. The van der Waals surface area contributed by atoms with E-state index in [9.17, 15) is 4.79 Å². The number of pyridine rings is 1. The van der Waals surface area contributed by atoms with Crippen LogP contribution in [0.5, 0.6) is 0 Å². The highest BCUT2D eigenvalue weighted by Gasteiger charge is 2.25. The van der Waals surface area contributed by atoms with Gasteiger partial charge in [-0.25, -0.2) is 0 Å². The largest absolute Gasteiger partial charge is 0.349 e. The summed E-state index contributed by atoms with van der Waals surface area (Å²) in [7, 11) is 0. The molecule has 0 aliphatic heterocycles. The lowest BCUT2D eigenvalue weighted by Gasteiger charge is -2.27. The molecule has 3 heteroatoms. The molecule has 1 heterocycles. The van der Waals surface area contributed by atoms with E-state index in [1.54, 1.807) is 6.92 Å². The van der Waals surface area contributed by atoms with Crippen LogP contribution in [0.4, 0.5) is 0 Å². The summed E-state index contributed by atoms with van der Waals surface area (Å²) in [6.07, 6.45) is 0.894. The van der Waals surface area contributed by atoms with Crippen LogP contribution in [0.2, 0.25) is 0 Å². The number of carbonyl (C=O) groups excluding carboxylic acids is 1. The second-order valence-electron chi connectivity index (χ2n) is 6.03. The Kier molecular flexibility index (Phi) is 4.90. The van der Waals surface area contributed by atoms with Crippen LogP contribution >= 0.6 is 0 Å². The van der Waals surface area contributed by atoms with Crippen LogP contribution < -0.4 is 5.32 Å². The van der Waals surface area contributed by atoms with E-state index in [1.165, 1.54) is 0 Å². The molecule has 0 aliphatic carbocycles. The molecule has 0 radical (unpaired) electrons. The Bertz CT molecular complexity index is 829. The van der Waals surface area contributed by atoms with Gasteiger partial charge in [-0.2, -0.15) is 0 Å². The normalized spacial score (nSPS) is 13.4. The van der Waals surface area contributed by atoms with Crippen LogP contribution in [0.15, 0.2) is 66.7 Å². The molecule has 0 saturated carbocycles. The number of aromatic nitrogens is 1. The number of hydrogen-bond donors (Lipinski definition) is 1. The first-order valence-electron chi connectivity index (χ1n) is 8.36. The minimum absolute atomic E-state index is 0.0249. The molecule has 0 spiro atoms. The third kappa shape index (κ3) is 3.46. The average molecular weight is 318 g/mol. The lowest BCUT2D eigenvalue weighted by molar-refractivity contribution is -0.119. The zero-order valence-electron chi connectivity index (χ0n) is 14.1. The number of nitrogens with zero attached hydrogens (tertiary/aromatic N) is 1. The van der Waals surface area contributed by atoms with Gasteiger partial charge in [-0.05, 0) is 24.1 Å². The maximum Gasteiger partial charge on any atom is 0.217 e. The fraction of sp³-hybridized carbons (Fsp3) is 0.238. The Morgan fingerprint density at radius 1 is 1.00 bits per heavy atom. The van der Waals surface area contributed by atoms with Crippen molar-refractivity contribution in [2.24, 2.45) is 0 Å². The zero-order chi connectivity index (χ0) is 16.9. The molecule has 24 heavy (non-hydrogen) atoms. The van der Waals surface area contributed by atoms with E-state index < -0.39 is 0 Å². The molecule has 1 N–H and O–H groups in total. The van der Waals surface area contributed by atoms with Gasteiger partial charge in [-0.3, -0.25) is 9.78 Å². The minimum atomic E-state index is -0.0811. The van der Waals surface area contributed by atoms with E-state index in [0.717, 1.165) is 28.6 Å². The highest BCUT2D eigenvalue weighted by Crippen LogP contribution is 2.33. The van der Waals surface area contributed by atoms with Crippen molar-refractivity contribution in [3.8, 4) is 0 Å². The van der Waals surface area contributed by atoms with E-state index in [0.29, 0.717) is 0 Å². The topological polar surface area (TPSA) is 42.0 Å². The summed E-state index contributed by atoms with van der Waals surface area (Å²) >= 11 is 0. The predicted octanol–water partition coefficient (Wildman–Crippen LogP) is 4.61. The molecular weight excluding hydrogens is 296 g/mol. The summed E-state index contributed by atoms with van der Waals surface area (Å²) in [4.78, 5) is 16.6.